The minimum absolute atomic E-state index is 0. The van der Waals surface area contributed by atoms with Gasteiger partial charge in [0.1, 0.15) is 17.9 Å². The normalized spacial score (nSPS) is 12.9. The Labute approximate surface area is 183 Å². The van der Waals surface area contributed by atoms with Gasteiger partial charge in [-0.25, -0.2) is 4.98 Å². The lowest BCUT2D eigenvalue weighted by Crippen LogP contribution is -2.39. The van der Waals surface area contributed by atoms with Gasteiger partial charge in [0.15, 0.2) is 5.96 Å². The number of hydrogen-bond donors (Lipinski definition) is 2. The minimum Gasteiger partial charge on any atom is -0.406 e. The molecule has 162 valence electrons. The number of nitrogens with one attached hydrogen (secondary N) is 1. The molecular weight excluding hydrogens is 504 g/mol. The lowest BCUT2D eigenvalue weighted by atomic mass is 10.1. The third-order valence-electron chi connectivity index (χ3n) is 3.79. The molecule has 8 nitrogen and oxygen atoms in total. The van der Waals surface area contributed by atoms with Gasteiger partial charge in [-0.15, -0.1) is 37.1 Å². The van der Waals surface area contributed by atoms with E-state index in [4.69, 9.17) is 0 Å². The number of guanidine groups is 1. The summed E-state index contributed by atoms with van der Waals surface area (Å²) in [7, 11) is 3.61. The van der Waals surface area contributed by atoms with Crippen LogP contribution in [0.4, 0.5) is 13.2 Å². The summed E-state index contributed by atoms with van der Waals surface area (Å²) in [6, 6.07) is 5.05. The van der Waals surface area contributed by atoms with Crippen molar-refractivity contribution in [3.63, 3.8) is 0 Å². The number of aliphatic hydroxyl groups excluding tert-OH is 1. The first kappa shape index (κ1) is 24.9. The molecule has 1 unspecified atom stereocenters. The average molecular weight is 528 g/mol. The zero-order valence-electron chi connectivity index (χ0n) is 16.2. The van der Waals surface area contributed by atoms with E-state index in [1.165, 1.54) is 18.5 Å². The topological polar surface area (TPSA) is 87.8 Å². The molecule has 1 atom stereocenters. The Morgan fingerprint density at radius 1 is 1.34 bits per heavy atom. The van der Waals surface area contributed by atoms with Gasteiger partial charge in [-0.05, 0) is 24.6 Å². The first-order valence-electron chi connectivity index (χ1n) is 8.55. The minimum atomic E-state index is -4.75. The number of nitrogens with zero attached hydrogens (tertiary/aromatic N) is 5. The fourth-order valence-electron chi connectivity index (χ4n) is 2.39. The Morgan fingerprint density at radius 3 is 2.52 bits per heavy atom. The van der Waals surface area contributed by atoms with Crippen LogP contribution in [0.3, 0.4) is 0 Å². The molecule has 0 radical (unpaired) electrons. The van der Waals surface area contributed by atoms with Gasteiger partial charge in [0.05, 0.1) is 19.2 Å². The van der Waals surface area contributed by atoms with Gasteiger partial charge in [0.25, 0.3) is 0 Å². The second-order valence-corrected chi connectivity index (χ2v) is 5.98. The van der Waals surface area contributed by atoms with Gasteiger partial charge in [0.2, 0.25) is 0 Å². The fraction of sp³-hybridized carbons (Fsp3) is 0.471. The molecule has 0 amide bonds. The third-order valence-corrected chi connectivity index (χ3v) is 3.79. The summed E-state index contributed by atoms with van der Waals surface area (Å²) in [5.41, 5.74) is 0.435. The molecule has 29 heavy (non-hydrogen) atoms. The summed E-state index contributed by atoms with van der Waals surface area (Å²) in [5.74, 6) is 0.958. The first-order valence-corrected chi connectivity index (χ1v) is 8.55. The van der Waals surface area contributed by atoms with Crippen LogP contribution in [0.5, 0.6) is 5.75 Å². The van der Waals surface area contributed by atoms with E-state index in [1.54, 1.807) is 11.7 Å². The molecule has 0 aliphatic rings. The van der Waals surface area contributed by atoms with Crippen molar-refractivity contribution in [1.29, 1.82) is 0 Å². The Balaban J connectivity index is 0.00000420. The highest BCUT2D eigenvalue weighted by Gasteiger charge is 2.31. The Morgan fingerprint density at radius 2 is 2.00 bits per heavy atom. The highest BCUT2D eigenvalue weighted by atomic mass is 127. The summed E-state index contributed by atoms with van der Waals surface area (Å²) in [6.07, 6.45) is -4.27. The molecule has 2 rings (SSSR count). The van der Waals surface area contributed by atoms with Crippen molar-refractivity contribution in [3.05, 3.63) is 42.0 Å². The molecule has 2 N–H and O–H groups in total. The van der Waals surface area contributed by atoms with Crippen molar-refractivity contribution in [2.24, 2.45) is 12.0 Å². The molecule has 1 aromatic heterocycles. The summed E-state index contributed by atoms with van der Waals surface area (Å²) < 4.78 is 42.1. The number of aryl methyl sites for hydroxylation is 1. The van der Waals surface area contributed by atoms with Gasteiger partial charge < -0.3 is 20.1 Å². The van der Waals surface area contributed by atoms with Crippen LogP contribution in [0.25, 0.3) is 0 Å². The monoisotopic (exact) mass is 528 g/mol. The van der Waals surface area contributed by atoms with E-state index in [1.807, 2.05) is 18.9 Å². The maximum Gasteiger partial charge on any atom is 0.573 e. The summed E-state index contributed by atoms with van der Waals surface area (Å²) in [4.78, 5) is 10.4. The Bertz CT molecular complexity index is 782. The third kappa shape index (κ3) is 8.04. The second-order valence-electron chi connectivity index (χ2n) is 5.98. The number of hydrogen-bond acceptors (Lipinski definition) is 5. The van der Waals surface area contributed by atoms with E-state index in [0.29, 0.717) is 24.6 Å². The van der Waals surface area contributed by atoms with E-state index in [9.17, 15) is 18.3 Å². The van der Waals surface area contributed by atoms with Crippen LogP contribution >= 0.6 is 24.0 Å². The summed E-state index contributed by atoms with van der Waals surface area (Å²) >= 11 is 0. The molecular formula is C17H24F3IN6O2. The maximum atomic E-state index is 12.2. The molecule has 0 aliphatic heterocycles. The van der Waals surface area contributed by atoms with Crippen molar-refractivity contribution < 1.29 is 23.0 Å². The molecule has 0 saturated carbocycles. The van der Waals surface area contributed by atoms with E-state index in [2.05, 4.69) is 25.1 Å². The van der Waals surface area contributed by atoms with Crippen molar-refractivity contribution >= 4 is 29.9 Å². The van der Waals surface area contributed by atoms with Crippen molar-refractivity contribution in [2.45, 2.75) is 25.9 Å². The van der Waals surface area contributed by atoms with Gasteiger partial charge in [0, 0.05) is 20.6 Å². The quantitative estimate of drug-likeness (QED) is 0.326. The molecule has 0 spiro atoms. The number of benzene rings is 1. The largest absolute Gasteiger partial charge is 0.573 e. The number of halogens is 4. The molecule has 0 bridgehead atoms. The molecule has 2 aromatic rings. The van der Waals surface area contributed by atoms with Crippen LogP contribution < -0.4 is 10.1 Å². The van der Waals surface area contributed by atoms with Gasteiger partial charge in [-0.3, -0.25) is 9.67 Å². The molecule has 0 saturated heterocycles. The van der Waals surface area contributed by atoms with E-state index in [0.717, 1.165) is 18.0 Å². The SMILES string of the molecule is CCNC(=NCC(O)c1ccc(OC(F)(F)F)cc1)N(C)Cc1ncnn1C.I. The molecule has 12 heteroatoms. The highest BCUT2D eigenvalue weighted by Crippen LogP contribution is 2.24. The zero-order chi connectivity index (χ0) is 20.7. The number of aliphatic hydroxyl groups is 1. The number of ether oxygens (including phenoxy) is 1. The van der Waals surface area contributed by atoms with Gasteiger partial charge in [-0.1, -0.05) is 12.1 Å². The molecule has 1 heterocycles. The maximum absolute atomic E-state index is 12.2. The van der Waals surface area contributed by atoms with E-state index >= 15 is 0 Å². The fourth-order valence-corrected chi connectivity index (χ4v) is 2.39. The molecule has 0 aliphatic carbocycles. The van der Waals surface area contributed by atoms with Crippen LogP contribution in [-0.4, -0.2) is 57.2 Å². The summed E-state index contributed by atoms with van der Waals surface area (Å²) in [6.45, 7) is 3.04. The number of aromatic nitrogens is 3. The molecule has 1 aromatic carbocycles. The van der Waals surface area contributed by atoms with Crippen molar-refractivity contribution in [3.8, 4) is 5.75 Å². The van der Waals surface area contributed by atoms with Crippen molar-refractivity contribution in [1.82, 2.24) is 25.0 Å². The van der Waals surface area contributed by atoms with Crippen LogP contribution in [0, 0.1) is 0 Å². The molecule has 0 fully saturated rings. The van der Waals surface area contributed by atoms with E-state index < -0.39 is 12.5 Å². The second kappa shape index (κ2) is 11.2. The number of rotatable bonds is 7. The lowest BCUT2D eigenvalue weighted by molar-refractivity contribution is -0.274. The predicted octanol–water partition coefficient (Wildman–Crippen LogP) is 2.46. The number of alkyl halides is 3. The highest BCUT2D eigenvalue weighted by molar-refractivity contribution is 14.0. The van der Waals surface area contributed by atoms with Crippen LogP contribution in [0.2, 0.25) is 0 Å². The standard InChI is InChI=1S/C17H23F3N6O2.HI/c1-4-21-16(25(2)10-15-23-11-24-26(15)3)22-9-14(27)12-5-7-13(8-6-12)28-17(18,19)20;/h5-8,11,14,27H,4,9-10H2,1-3H3,(H,21,22);1H. The predicted molar refractivity (Wildman–Crippen MR) is 112 cm³/mol. The lowest BCUT2D eigenvalue weighted by Gasteiger charge is -2.22. The van der Waals surface area contributed by atoms with Gasteiger partial charge in [-0.2, -0.15) is 5.10 Å². The van der Waals surface area contributed by atoms with E-state index in [-0.39, 0.29) is 36.3 Å². The average Bonchev–Trinajstić information content (AvgIpc) is 3.02. The van der Waals surface area contributed by atoms with Gasteiger partial charge >= 0.3 is 6.36 Å². The van der Waals surface area contributed by atoms with Crippen LogP contribution in [-0.2, 0) is 13.6 Å². The first-order chi connectivity index (χ1) is 13.2. The smallest absolute Gasteiger partial charge is 0.406 e. The zero-order valence-corrected chi connectivity index (χ0v) is 18.5. The van der Waals surface area contributed by atoms with Crippen molar-refractivity contribution in [2.75, 3.05) is 20.1 Å². The van der Waals surface area contributed by atoms with Crippen LogP contribution in [0.1, 0.15) is 24.4 Å². The van der Waals surface area contributed by atoms with Crippen LogP contribution in [0.15, 0.2) is 35.6 Å². The Kier molecular flexibility index (Phi) is 9.62. The Hall–Kier alpha value is -2.09. The number of aliphatic imine (C=N–C) groups is 1. The summed E-state index contributed by atoms with van der Waals surface area (Å²) in [5, 5.41) is 17.4.